The van der Waals surface area contributed by atoms with Crippen molar-refractivity contribution in [3.63, 3.8) is 0 Å². The number of nitrogens with one attached hydrogen (secondary N) is 1. The van der Waals surface area contributed by atoms with E-state index in [1.165, 1.54) is 12.1 Å². The summed E-state index contributed by atoms with van der Waals surface area (Å²) in [7, 11) is 0. The third kappa shape index (κ3) is 5.45. The first-order valence-electron chi connectivity index (χ1n) is 7.24. The fraction of sp³-hybridized carbons (Fsp3) is 0.500. The average Bonchev–Trinajstić information content (AvgIpc) is 2.45. The molecule has 1 unspecified atom stereocenters. The summed E-state index contributed by atoms with van der Waals surface area (Å²) in [5.74, 6) is -0.783. The van der Waals surface area contributed by atoms with Crippen molar-refractivity contribution in [3.05, 3.63) is 29.3 Å². The quantitative estimate of drug-likeness (QED) is 0.723. The summed E-state index contributed by atoms with van der Waals surface area (Å²) in [6.45, 7) is 6.20. The van der Waals surface area contributed by atoms with Gasteiger partial charge in [-0.05, 0) is 38.0 Å². The molecule has 1 rings (SSSR count). The molecule has 0 aliphatic rings. The Morgan fingerprint density at radius 2 is 2.05 bits per heavy atom. The molecular formula is C16H23NO4. The number of carbonyl (C=O) groups excluding carboxylic acids is 1. The number of amides is 1. The summed E-state index contributed by atoms with van der Waals surface area (Å²) in [6, 6.07) is 4.63. The Morgan fingerprint density at radius 1 is 1.33 bits per heavy atom. The summed E-state index contributed by atoms with van der Waals surface area (Å²) in [6.07, 6.45) is 2.47. The van der Waals surface area contributed by atoms with Crippen molar-refractivity contribution in [2.45, 2.75) is 46.1 Å². The molecule has 1 aromatic rings. The van der Waals surface area contributed by atoms with Gasteiger partial charge >= 0.3 is 5.97 Å². The second kappa shape index (κ2) is 8.29. The number of benzene rings is 1. The van der Waals surface area contributed by atoms with Gasteiger partial charge in [-0.2, -0.15) is 0 Å². The SMILES string of the molecule is CCCCCNC(=O)C(C)Oc1cc(C(=O)O)ccc1C. The minimum absolute atomic E-state index is 0.145. The number of rotatable bonds is 8. The molecule has 5 nitrogen and oxygen atoms in total. The fourth-order valence-electron chi connectivity index (χ4n) is 1.83. The van der Waals surface area contributed by atoms with E-state index >= 15 is 0 Å². The van der Waals surface area contributed by atoms with E-state index in [2.05, 4.69) is 12.2 Å². The average molecular weight is 293 g/mol. The topological polar surface area (TPSA) is 75.6 Å². The molecule has 1 aromatic carbocycles. The van der Waals surface area contributed by atoms with Crippen LogP contribution < -0.4 is 10.1 Å². The molecule has 1 amide bonds. The van der Waals surface area contributed by atoms with Crippen LogP contribution in [0.3, 0.4) is 0 Å². The van der Waals surface area contributed by atoms with Gasteiger partial charge in [-0.1, -0.05) is 25.8 Å². The lowest BCUT2D eigenvalue weighted by atomic mass is 10.1. The highest BCUT2D eigenvalue weighted by molar-refractivity contribution is 5.88. The first-order valence-corrected chi connectivity index (χ1v) is 7.24. The van der Waals surface area contributed by atoms with Gasteiger partial charge in [-0.25, -0.2) is 4.79 Å². The van der Waals surface area contributed by atoms with Crippen LogP contribution in [0, 0.1) is 6.92 Å². The van der Waals surface area contributed by atoms with Gasteiger partial charge in [0.1, 0.15) is 5.75 Å². The standard InChI is InChI=1S/C16H23NO4/c1-4-5-6-9-17-15(18)12(3)21-14-10-13(16(19)20)8-7-11(14)2/h7-8,10,12H,4-6,9H2,1-3H3,(H,17,18)(H,19,20). The van der Waals surface area contributed by atoms with Gasteiger partial charge in [0.2, 0.25) is 0 Å². The van der Waals surface area contributed by atoms with Gasteiger partial charge in [0.25, 0.3) is 5.91 Å². The minimum atomic E-state index is -1.02. The molecule has 0 radical (unpaired) electrons. The zero-order chi connectivity index (χ0) is 15.8. The number of carbonyl (C=O) groups is 2. The van der Waals surface area contributed by atoms with E-state index in [1.54, 1.807) is 13.0 Å². The van der Waals surface area contributed by atoms with Crippen LogP contribution in [-0.2, 0) is 4.79 Å². The number of carboxylic acid groups (broad SMARTS) is 1. The number of carboxylic acids is 1. The van der Waals surface area contributed by atoms with Crippen LogP contribution in [0.25, 0.3) is 0 Å². The summed E-state index contributed by atoms with van der Waals surface area (Å²) < 4.78 is 5.58. The zero-order valence-electron chi connectivity index (χ0n) is 12.8. The van der Waals surface area contributed by atoms with E-state index in [0.29, 0.717) is 12.3 Å². The second-order valence-electron chi connectivity index (χ2n) is 5.04. The van der Waals surface area contributed by atoms with Crippen LogP contribution in [-0.4, -0.2) is 29.6 Å². The molecule has 0 bridgehead atoms. The Labute approximate surface area is 125 Å². The van der Waals surface area contributed by atoms with Crippen LogP contribution >= 0.6 is 0 Å². The largest absolute Gasteiger partial charge is 0.481 e. The first-order chi connectivity index (χ1) is 9.95. The normalized spacial score (nSPS) is 11.8. The summed E-state index contributed by atoms with van der Waals surface area (Å²) >= 11 is 0. The number of unbranched alkanes of at least 4 members (excludes halogenated alkanes) is 2. The lowest BCUT2D eigenvalue weighted by Gasteiger charge is -2.16. The van der Waals surface area contributed by atoms with E-state index in [-0.39, 0.29) is 11.5 Å². The summed E-state index contributed by atoms with van der Waals surface area (Å²) in [5.41, 5.74) is 0.941. The third-order valence-corrected chi connectivity index (χ3v) is 3.19. The maximum Gasteiger partial charge on any atom is 0.335 e. The van der Waals surface area contributed by atoms with E-state index in [4.69, 9.17) is 9.84 Å². The van der Waals surface area contributed by atoms with Crippen LogP contribution in [0.2, 0.25) is 0 Å². The van der Waals surface area contributed by atoms with E-state index < -0.39 is 12.1 Å². The van der Waals surface area contributed by atoms with Crippen molar-refractivity contribution in [3.8, 4) is 5.75 Å². The number of hydrogen-bond acceptors (Lipinski definition) is 3. The Kier molecular flexibility index (Phi) is 6.72. The van der Waals surface area contributed by atoms with E-state index in [9.17, 15) is 9.59 Å². The van der Waals surface area contributed by atoms with Crippen LogP contribution in [0.15, 0.2) is 18.2 Å². The van der Waals surface area contributed by atoms with Crippen molar-refractivity contribution in [2.24, 2.45) is 0 Å². The molecule has 0 aliphatic carbocycles. The van der Waals surface area contributed by atoms with E-state index in [0.717, 1.165) is 24.8 Å². The Hall–Kier alpha value is -2.04. The predicted octanol–water partition coefficient (Wildman–Crippen LogP) is 2.77. The predicted molar refractivity (Wildman–Crippen MR) is 80.8 cm³/mol. The summed E-state index contributed by atoms with van der Waals surface area (Å²) in [5, 5.41) is 11.8. The molecule has 21 heavy (non-hydrogen) atoms. The monoisotopic (exact) mass is 293 g/mol. The lowest BCUT2D eigenvalue weighted by Crippen LogP contribution is -2.36. The minimum Gasteiger partial charge on any atom is -0.481 e. The molecule has 5 heteroatoms. The Bertz CT molecular complexity index is 499. The molecule has 0 fully saturated rings. The highest BCUT2D eigenvalue weighted by Gasteiger charge is 2.16. The van der Waals surface area contributed by atoms with Crippen LogP contribution in [0.1, 0.15) is 49.0 Å². The van der Waals surface area contributed by atoms with Crippen molar-refractivity contribution < 1.29 is 19.4 Å². The van der Waals surface area contributed by atoms with E-state index in [1.807, 2.05) is 6.92 Å². The van der Waals surface area contributed by atoms with Crippen molar-refractivity contribution in [1.29, 1.82) is 0 Å². The van der Waals surface area contributed by atoms with Gasteiger partial charge in [0.15, 0.2) is 6.10 Å². The van der Waals surface area contributed by atoms with Crippen LogP contribution in [0.5, 0.6) is 5.75 Å². The number of ether oxygens (including phenoxy) is 1. The van der Waals surface area contributed by atoms with Gasteiger partial charge in [-0.3, -0.25) is 4.79 Å². The Morgan fingerprint density at radius 3 is 2.67 bits per heavy atom. The molecule has 0 heterocycles. The van der Waals surface area contributed by atoms with Crippen molar-refractivity contribution >= 4 is 11.9 Å². The zero-order valence-corrected chi connectivity index (χ0v) is 12.8. The number of aromatic carboxylic acids is 1. The Balaban J connectivity index is 2.61. The van der Waals surface area contributed by atoms with Gasteiger partial charge in [0.05, 0.1) is 5.56 Å². The summed E-state index contributed by atoms with van der Waals surface area (Å²) in [4.78, 5) is 22.8. The molecule has 0 saturated heterocycles. The molecule has 2 N–H and O–H groups in total. The highest BCUT2D eigenvalue weighted by Crippen LogP contribution is 2.21. The van der Waals surface area contributed by atoms with Crippen molar-refractivity contribution in [1.82, 2.24) is 5.32 Å². The van der Waals surface area contributed by atoms with Crippen molar-refractivity contribution in [2.75, 3.05) is 6.54 Å². The molecule has 0 saturated carbocycles. The number of aryl methyl sites for hydroxylation is 1. The van der Waals surface area contributed by atoms with Gasteiger partial charge in [0, 0.05) is 6.54 Å². The maximum absolute atomic E-state index is 11.9. The molecule has 116 valence electrons. The molecule has 0 spiro atoms. The first kappa shape index (κ1) is 17.0. The lowest BCUT2D eigenvalue weighted by molar-refractivity contribution is -0.127. The third-order valence-electron chi connectivity index (χ3n) is 3.19. The molecule has 0 aliphatic heterocycles. The second-order valence-corrected chi connectivity index (χ2v) is 5.04. The van der Waals surface area contributed by atoms with Gasteiger partial charge < -0.3 is 15.2 Å². The molecule has 1 atom stereocenters. The molecule has 0 aromatic heterocycles. The van der Waals surface area contributed by atoms with Gasteiger partial charge in [-0.15, -0.1) is 0 Å². The highest BCUT2D eigenvalue weighted by atomic mass is 16.5. The maximum atomic E-state index is 11.9. The molecular weight excluding hydrogens is 270 g/mol. The fourth-order valence-corrected chi connectivity index (χ4v) is 1.83. The number of hydrogen-bond donors (Lipinski definition) is 2. The smallest absolute Gasteiger partial charge is 0.335 e. The van der Waals surface area contributed by atoms with Crippen LogP contribution in [0.4, 0.5) is 0 Å².